The topological polar surface area (TPSA) is 76.2 Å². The number of aromatic nitrogens is 1. The van der Waals surface area contributed by atoms with Crippen LogP contribution in [0.2, 0.25) is 0 Å². The molecule has 17 heavy (non-hydrogen) atoms. The second-order valence-corrected chi connectivity index (χ2v) is 4.95. The highest BCUT2D eigenvalue weighted by atomic mass is 79.9. The van der Waals surface area contributed by atoms with Crippen LogP contribution in [0.15, 0.2) is 22.9 Å². The van der Waals surface area contributed by atoms with Crippen molar-refractivity contribution in [1.82, 2.24) is 4.98 Å². The van der Waals surface area contributed by atoms with Crippen LogP contribution in [0, 0.1) is 5.92 Å². The summed E-state index contributed by atoms with van der Waals surface area (Å²) in [6.07, 6.45) is 6.32. The number of nitrogens with two attached hydrogens (primary N) is 1. The number of hydrogen-bond donors (Lipinski definition) is 2. The Morgan fingerprint density at radius 2 is 2.24 bits per heavy atom. The summed E-state index contributed by atoms with van der Waals surface area (Å²) in [6.45, 7) is 0.616. The fourth-order valence-corrected chi connectivity index (χ4v) is 2.11. The number of carbonyl (C=O) groups is 1. The smallest absolute Gasteiger partial charge is 0.306 e. The number of nitrogens with zero attached hydrogens (tertiary/aromatic N) is 1. The van der Waals surface area contributed by atoms with E-state index in [0.29, 0.717) is 19.4 Å². The minimum absolute atomic E-state index is 0.349. The first-order valence-electron chi connectivity index (χ1n) is 5.65. The molecule has 0 aliphatic rings. The van der Waals surface area contributed by atoms with Crippen molar-refractivity contribution >= 4 is 21.9 Å². The fourth-order valence-electron chi connectivity index (χ4n) is 1.70. The Morgan fingerprint density at radius 1 is 1.47 bits per heavy atom. The Balaban J connectivity index is 2.57. The van der Waals surface area contributed by atoms with Gasteiger partial charge in [-0.25, -0.2) is 0 Å². The van der Waals surface area contributed by atoms with Crippen LogP contribution in [0.1, 0.15) is 24.8 Å². The molecule has 4 nitrogen and oxygen atoms in total. The van der Waals surface area contributed by atoms with Crippen molar-refractivity contribution < 1.29 is 9.90 Å². The number of unbranched alkanes of at least 4 members (excludes halogenated alkanes) is 1. The van der Waals surface area contributed by atoms with Gasteiger partial charge in [-0.2, -0.15) is 0 Å². The molecule has 0 bridgehead atoms. The van der Waals surface area contributed by atoms with Gasteiger partial charge in [0.2, 0.25) is 0 Å². The van der Waals surface area contributed by atoms with Gasteiger partial charge in [-0.3, -0.25) is 9.78 Å². The van der Waals surface area contributed by atoms with E-state index in [1.54, 1.807) is 12.4 Å². The van der Waals surface area contributed by atoms with Gasteiger partial charge in [-0.15, -0.1) is 0 Å². The summed E-state index contributed by atoms with van der Waals surface area (Å²) in [5.74, 6) is -1.10. The normalized spacial score (nSPS) is 12.4. The van der Waals surface area contributed by atoms with Crippen molar-refractivity contribution in [2.24, 2.45) is 11.7 Å². The summed E-state index contributed by atoms with van der Waals surface area (Å²) in [6, 6.07) is 1.91. The zero-order valence-electron chi connectivity index (χ0n) is 9.60. The Morgan fingerprint density at radius 3 is 2.82 bits per heavy atom. The first-order valence-corrected chi connectivity index (χ1v) is 6.45. The van der Waals surface area contributed by atoms with Crippen molar-refractivity contribution in [3.05, 3.63) is 28.5 Å². The molecule has 1 unspecified atom stereocenters. The predicted octanol–water partition coefficient (Wildman–Crippen LogP) is 2.22. The average Bonchev–Trinajstić information content (AvgIpc) is 2.28. The second kappa shape index (κ2) is 7.40. The minimum atomic E-state index is -0.748. The van der Waals surface area contributed by atoms with E-state index in [2.05, 4.69) is 20.9 Å². The zero-order valence-corrected chi connectivity index (χ0v) is 11.2. The molecule has 1 aromatic heterocycles. The lowest BCUT2D eigenvalue weighted by Crippen LogP contribution is -2.17. The van der Waals surface area contributed by atoms with Gasteiger partial charge < -0.3 is 10.8 Å². The van der Waals surface area contributed by atoms with Crippen molar-refractivity contribution in [3.63, 3.8) is 0 Å². The molecule has 94 valence electrons. The third-order valence-electron chi connectivity index (χ3n) is 2.60. The van der Waals surface area contributed by atoms with Gasteiger partial charge in [0.25, 0.3) is 0 Å². The number of halogens is 1. The molecule has 1 atom stereocenters. The van der Waals surface area contributed by atoms with Crippen molar-refractivity contribution in [3.8, 4) is 0 Å². The molecule has 0 aliphatic carbocycles. The molecular weight excluding hydrogens is 284 g/mol. The molecule has 1 rings (SSSR count). The van der Waals surface area contributed by atoms with E-state index in [1.165, 1.54) is 0 Å². The van der Waals surface area contributed by atoms with Crippen LogP contribution in [-0.4, -0.2) is 22.6 Å². The number of rotatable bonds is 7. The first-order chi connectivity index (χ1) is 8.13. The van der Waals surface area contributed by atoms with Gasteiger partial charge in [-0.1, -0.05) is 6.42 Å². The van der Waals surface area contributed by atoms with Crippen LogP contribution in [0.25, 0.3) is 0 Å². The molecule has 0 spiro atoms. The Kier molecular flexibility index (Phi) is 6.15. The van der Waals surface area contributed by atoms with Crippen LogP contribution in [0.3, 0.4) is 0 Å². The van der Waals surface area contributed by atoms with E-state index in [1.807, 2.05) is 6.07 Å². The standard InChI is InChI=1S/C12H17BrN2O2/c13-11-6-9(7-15-8-11)5-10(12(16)17)3-1-2-4-14/h6-8,10H,1-5,14H2,(H,16,17). The molecule has 1 aromatic rings. The number of pyridine rings is 1. The van der Waals surface area contributed by atoms with Crippen LogP contribution in [-0.2, 0) is 11.2 Å². The maximum absolute atomic E-state index is 11.1. The van der Waals surface area contributed by atoms with Crippen LogP contribution in [0.4, 0.5) is 0 Å². The van der Waals surface area contributed by atoms with E-state index in [4.69, 9.17) is 10.8 Å². The van der Waals surface area contributed by atoms with E-state index < -0.39 is 5.97 Å². The average molecular weight is 301 g/mol. The van der Waals surface area contributed by atoms with Gasteiger partial charge in [0, 0.05) is 16.9 Å². The number of carboxylic acid groups (broad SMARTS) is 1. The summed E-state index contributed by atoms with van der Waals surface area (Å²) < 4.78 is 0.876. The van der Waals surface area contributed by atoms with Crippen LogP contribution < -0.4 is 5.73 Å². The molecule has 0 radical (unpaired) electrons. The van der Waals surface area contributed by atoms with Gasteiger partial charge in [0.1, 0.15) is 0 Å². The molecule has 0 saturated heterocycles. The molecule has 0 saturated carbocycles. The van der Waals surface area contributed by atoms with Crippen molar-refractivity contribution in [2.45, 2.75) is 25.7 Å². The SMILES string of the molecule is NCCCCC(Cc1cncc(Br)c1)C(=O)O. The Labute approximate surface area is 109 Å². The van der Waals surface area contributed by atoms with Gasteiger partial charge in [-0.05, 0) is 53.4 Å². The molecule has 0 fully saturated rings. The van der Waals surface area contributed by atoms with Crippen LogP contribution >= 0.6 is 15.9 Å². The molecule has 0 aliphatic heterocycles. The Bertz CT molecular complexity index is 371. The van der Waals surface area contributed by atoms with E-state index in [-0.39, 0.29) is 5.92 Å². The van der Waals surface area contributed by atoms with Crippen molar-refractivity contribution in [2.75, 3.05) is 6.54 Å². The Hall–Kier alpha value is -0.940. The van der Waals surface area contributed by atoms with E-state index in [9.17, 15) is 4.79 Å². The highest BCUT2D eigenvalue weighted by molar-refractivity contribution is 9.10. The first kappa shape index (κ1) is 14.1. The maximum Gasteiger partial charge on any atom is 0.306 e. The summed E-state index contributed by atoms with van der Waals surface area (Å²) >= 11 is 3.33. The lowest BCUT2D eigenvalue weighted by Gasteiger charge is -2.11. The van der Waals surface area contributed by atoms with Gasteiger partial charge >= 0.3 is 5.97 Å². The number of carboxylic acids is 1. The van der Waals surface area contributed by atoms with Crippen molar-refractivity contribution in [1.29, 1.82) is 0 Å². The van der Waals surface area contributed by atoms with Gasteiger partial charge in [0.05, 0.1) is 5.92 Å². The van der Waals surface area contributed by atoms with Crippen LogP contribution in [0.5, 0.6) is 0 Å². The molecule has 0 aromatic carbocycles. The molecule has 1 heterocycles. The lowest BCUT2D eigenvalue weighted by molar-refractivity contribution is -0.142. The quantitative estimate of drug-likeness (QED) is 0.757. The highest BCUT2D eigenvalue weighted by Crippen LogP contribution is 2.17. The number of hydrogen-bond acceptors (Lipinski definition) is 3. The van der Waals surface area contributed by atoms with Gasteiger partial charge in [0.15, 0.2) is 0 Å². The third-order valence-corrected chi connectivity index (χ3v) is 3.03. The van der Waals surface area contributed by atoms with E-state index >= 15 is 0 Å². The number of aliphatic carboxylic acids is 1. The second-order valence-electron chi connectivity index (χ2n) is 4.04. The fraction of sp³-hybridized carbons (Fsp3) is 0.500. The molecule has 0 amide bonds. The largest absolute Gasteiger partial charge is 0.481 e. The summed E-state index contributed by atoms with van der Waals surface area (Å²) in [5.41, 5.74) is 6.34. The molecule has 5 heteroatoms. The minimum Gasteiger partial charge on any atom is -0.481 e. The summed E-state index contributed by atoms with van der Waals surface area (Å²) in [7, 11) is 0. The maximum atomic E-state index is 11.1. The summed E-state index contributed by atoms with van der Waals surface area (Å²) in [5, 5.41) is 9.14. The van der Waals surface area contributed by atoms with E-state index in [0.717, 1.165) is 22.9 Å². The summed E-state index contributed by atoms with van der Waals surface area (Å²) in [4.78, 5) is 15.2. The monoisotopic (exact) mass is 300 g/mol. The lowest BCUT2D eigenvalue weighted by atomic mass is 9.95. The molecular formula is C12H17BrN2O2. The predicted molar refractivity (Wildman–Crippen MR) is 69.7 cm³/mol. The molecule has 3 N–H and O–H groups in total. The zero-order chi connectivity index (χ0) is 12.7. The highest BCUT2D eigenvalue weighted by Gasteiger charge is 2.17. The third kappa shape index (κ3) is 5.28.